The molecule has 1 aliphatic heterocycles. The van der Waals surface area contributed by atoms with Gasteiger partial charge in [0.2, 0.25) is 6.10 Å². The molecule has 3 heterocycles. The van der Waals surface area contributed by atoms with E-state index in [1.54, 1.807) is 29.4 Å². The van der Waals surface area contributed by atoms with Crippen LogP contribution in [0.25, 0.3) is 10.2 Å². The number of benzene rings is 2. The minimum absolute atomic E-state index is 0.121. The van der Waals surface area contributed by atoms with Crippen molar-refractivity contribution in [3.8, 4) is 11.5 Å². The van der Waals surface area contributed by atoms with E-state index in [1.807, 2.05) is 36.4 Å². The summed E-state index contributed by atoms with van der Waals surface area (Å²) in [5.74, 6) is 1.55. The maximum atomic E-state index is 13.4. The molecule has 0 aliphatic carbocycles. The number of carbonyl (C=O) groups is 1. The second-order valence-corrected chi connectivity index (χ2v) is 7.87. The number of amides is 1. The molecule has 8 heteroatoms. The Morgan fingerprint density at radius 1 is 1.14 bits per heavy atom. The Morgan fingerprint density at radius 3 is 2.79 bits per heavy atom. The van der Waals surface area contributed by atoms with Crippen LogP contribution >= 0.6 is 22.9 Å². The first-order chi connectivity index (χ1) is 14.2. The van der Waals surface area contributed by atoms with Gasteiger partial charge in [-0.2, -0.15) is 0 Å². The van der Waals surface area contributed by atoms with E-state index in [4.69, 9.17) is 25.5 Å². The van der Waals surface area contributed by atoms with E-state index >= 15 is 0 Å². The highest BCUT2D eigenvalue weighted by Crippen LogP contribution is 2.35. The van der Waals surface area contributed by atoms with Crippen LogP contribution in [0.1, 0.15) is 5.76 Å². The van der Waals surface area contributed by atoms with Crippen molar-refractivity contribution in [2.45, 2.75) is 12.6 Å². The molecule has 6 nitrogen and oxygen atoms in total. The summed E-state index contributed by atoms with van der Waals surface area (Å²) in [4.78, 5) is 19.6. The number of ether oxygens (including phenoxy) is 2. The number of para-hydroxylation sites is 3. The van der Waals surface area contributed by atoms with Crippen molar-refractivity contribution in [2.24, 2.45) is 0 Å². The highest BCUT2D eigenvalue weighted by atomic mass is 35.5. The van der Waals surface area contributed by atoms with Gasteiger partial charge >= 0.3 is 0 Å². The first kappa shape index (κ1) is 18.0. The molecule has 1 atom stereocenters. The van der Waals surface area contributed by atoms with Gasteiger partial charge in [-0.3, -0.25) is 9.69 Å². The Bertz CT molecular complexity index is 1170. The van der Waals surface area contributed by atoms with E-state index in [0.717, 1.165) is 4.70 Å². The molecule has 0 fully saturated rings. The fourth-order valence-corrected chi connectivity index (χ4v) is 4.40. The molecule has 1 aliphatic rings. The summed E-state index contributed by atoms with van der Waals surface area (Å²) >= 11 is 7.67. The van der Waals surface area contributed by atoms with E-state index in [0.29, 0.717) is 32.9 Å². The highest BCUT2D eigenvalue weighted by Gasteiger charge is 2.33. The average Bonchev–Trinajstić information content (AvgIpc) is 3.41. The minimum Gasteiger partial charge on any atom is -0.485 e. The standard InChI is InChI=1S/C21H15ClN2O4S/c22-14-6-3-9-18-19(14)23-21(29-18)24(11-13-5-4-10-26-13)20(25)17-12-27-15-7-1-2-8-16(15)28-17/h1-10,17H,11-12H2. The van der Waals surface area contributed by atoms with Crippen molar-refractivity contribution < 1.29 is 18.7 Å². The molecule has 2 aromatic heterocycles. The average molecular weight is 427 g/mol. The zero-order valence-electron chi connectivity index (χ0n) is 15.1. The van der Waals surface area contributed by atoms with Crippen LogP contribution in [0, 0.1) is 0 Å². The van der Waals surface area contributed by atoms with E-state index in [-0.39, 0.29) is 19.1 Å². The second-order valence-electron chi connectivity index (χ2n) is 6.45. The van der Waals surface area contributed by atoms with Gasteiger partial charge in [0.25, 0.3) is 5.91 Å². The SMILES string of the molecule is O=C(C1COc2ccccc2O1)N(Cc1ccco1)c1nc2c(Cl)cccc2s1. The van der Waals surface area contributed by atoms with Gasteiger partial charge in [-0.05, 0) is 36.4 Å². The molecule has 0 radical (unpaired) electrons. The fourth-order valence-electron chi connectivity index (χ4n) is 3.13. The number of hydrogen-bond donors (Lipinski definition) is 0. The highest BCUT2D eigenvalue weighted by molar-refractivity contribution is 7.22. The zero-order valence-corrected chi connectivity index (χ0v) is 16.7. The van der Waals surface area contributed by atoms with Gasteiger partial charge < -0.3 is 13.9 Å². The molecule has 1 unspecified atom stereocenters. The summed E-state index contributed by atoms with van der Waals surface area (Å²) in [5.41, 5.74) is 0.664. The summed E-state index contributed by atoms with van der Waals surface area (Å²) in [6.45, 7) is 0.348. The Balaban J connectivity index is 1.50. The number of halogens is 1. The Kier molecular flexibility index (Phi) is 4.61. The smallest absolute Gasteiger partial charge is 0.273 e. The summed E-state index contributed by atoms with van der Waals surface area (Å²) in [5, 5.41) is 1.07. The van der Waals surface area contributed by atoms with Crippen molar-refractivity contribution in [1.29, 1.82) is 0 Å². The monoisotopic (exact) mass is 426 g/mol. The first-order valence-electron chi connectivity index (χ1n) is 8.96. The van der Waals surface area contributed by atoms with E-state index in [9.17, 15) is 4.79 Å². The fraction of sp³-hybridized carbons (Fsp3) is 0.143. The zero-order chi connectivity index (χ0) is 19.8. The summed E-state index contributed by atoms with van der Waals surface area (Å²) in [7, 11) is 0. The van der Waals surface area contributed by atoms with Crippen LogP contribution in [-0.2, 0) is 11.3 Å². The molecule has 146 valence electrons. The van der Waals surface area contributed by atoms with Crippen molar-refractivity contribution >= 4 is 44.2 Å². The second kappa shape index (κ2) is 7.42. The maximum absolute atomic E-state index is 13.4. The largest absolute Gasteiger partial charge is 0.485 e. The molecular formula is C21H15ClN2O4S. The minimum atomic E-state index is -0.789. The van der Waals surface area contributed by atoms with Crippen LogP contribution in [0.15, 0.2) is 65.3 Å². The first-order valence-corrected chi connectivity index (χ1v) is 10.2. The number of carbonyl (C=O) groups excluding carboxylic acids is 1. The van der Waals surface area contributed by atoms with E-state index < -0.39 is 6.10 Å². The molecule has 0 bridgehead atoms. The van der Waals surface area contributed by atoms with Gasteiger partial charge in [-0.25, -0.2) is 4.98 Å². The van der Waals surface area contributed by atoms with Gasteiger partial charge in [-0.15, -0.1) is 0 Å². The van der Waals surface area contributed by atoms with Gasteiger partial charge in [0.1, 0.15) is 17.9 Å². The van der Waals surface area contributed by atoms with E-state index in [2.05, 4.69) is 4.98 Å². The lowest BCUT2D eigenvalue weighted by Gasteiger charge is -2.29. The molecule has 4 aromatic rings. The normalized spacial score (nSPS) is 15.4. The number of fused-ring (bicyclic) bond motifs is 2. The Labute approximate surface area is 175 Å². The quantitative estimate of drug-likeness (QED) is 0.463. The summed E-state index contributed by atoms with van der Waals surface area (Å²) in [6.07, 6.45) is 0.784. The molecule has 2 aromatic carbocycles. The predicted molar refractivity (Wildman–Crippen MR) is 111 cm³/mol. The number of furan rings is 1. The van der Waals surface area contributed by atoms with Crippen molar-refractivity contribution in [1.82, 2.24) is 4.98 Å². The lowest BCUT2D eigenvalue weighted by molar-refractivity contribution is -0.127. The van der Waals surface area contributed by atoms with Gasteiger partial charge in [-0.1, -0.05) is 41.1 Å². The Hall–Kier alpha value is -3.03. The lowest BCUT2D eigenvalue weighted by Crippen LogP contribution is -2.46. The third kappa shape index (κ3) is 3.43. The topological polar surface area (TPSA) is 64.8 Å². The predicted octanol–water partition coefficient (Wildman–Crippen LogP) is 4.92. The number of aromatic nitrogens is 1. The van der Waals surface area contributed by atoms with Crippen LogP contribution < -0.4 is 14.4 Å². The van der Waals surface area contributed by atoms with Crippen molar-refractivity contribution in [3.05, 3.63) is 71.6 Å². The number of rotatable bonds is 4. The summed E-state index contributed by atoms with van der Waals surface area (Å²) < 4.78 is 18.0. The van der Waals surface area contributed by atoms with Crippen molar-refractivity contribution in [3.63, 3.8) is 0 Å². The Morgan fingerprint density at radius 2 is 2.00 bits per heavy atom. The van der Waals surface area contributed by atoms with Crippen LogP contribution in [0.2, 0.25) is 5.02 Å². The molecule has 0 saturated carbocycles. The molecule has 1 amide bonds. The molecule has 0 spiro atoms. The molecule has 5 rings (SSSR count). The molecule has 29 heavy (non-hydrogen) atoms. The van der Waals surface area contributed by atoms with Crippen LogP contribution in [0.5, 0.6) is 11.5 Å². The number of thiazole rings is 1. The van der Waals surface area contributed by atoms with Gasteiger partial charge in [0.15, 0.2) is 16.6 Å². The number of anilines is 1. The third-order valence-corrected chi connectivity index (χ3v) is 5.88. The molecule has 0 N–H and O–H groups in total. The van der Waals surface area contributed by atoms with Crippen LogP contribution in [-0.4, -0.2) is 23.6 Å². The van der Waals surface area contributed by atoms with Crippen LogP contribution in [0.4, 0.5) is 5.13 Å². The summed E-state index contributed by atoms with van der Waals surface area (Å²) in [6, 6.07) is 16.5. The number of nitrogens with zero attached hydrogens (tertiary/aromatic N) is 2. The maximum Gasteiger partial charge on any atom is 0.273 e. The van der Waals surface area contributed by atoms with Gasteiger partial charge in [0.05, 0.1) is 22.5 Å². The van der Waals surface area contributed by atoms with Gasteiger partial charge in [0, 0.05) is 0 Å². The van der Waals surface area contributed by atoms with E-state index in [1.165, 1.54) is 11.3 Å². The number of hydrogen-bond acceptors (Lipinski definition) is 6. The molecule has 0 saturated heterocycles. The third-order valence-electron chi connectivity index (χ3n) is 4.53. The molecular weight excluding hydrogens is 412 g/mol. The lowest BCUT2D eigenvalue weighted by atomic mass is 10.2. The van der Waals surface area contributed by atoms with Crippen LogP contribution in [0.3, 0.4) is 0 Å². The van der Waals surface area contributed by atoms with Crippen molar-refractivity contribution in [2.75, 3.05) is 11.5 Å².